The molecular formula is C29H24Cl2N2O3. The summed E-state index contributed by atoms with van der Waals surface area (Å²) in [5.41, 5.74) is 7.55. The van der Waals surface area contributed by atoms with Gasteiger partial charge in [-0.3, -0.25) is 4.79 Å². The average molecular weight is 519 g/mol. The van der Waals surface area contributed by atoms with Crippen LogP contribution in [0.25, 0.3) is 10.8 Å². The summed E-state index contributed by atoms with van der Waals surface area (Å²) < 4.78 is 0. The highest BCUT2D eigenvalue weighted by Crippen LogP contribution is 2.43. The molecule has 182 valence electrons. The number of hydrogen-bond acceptors (Lipinski definition) is 5. The lowest BCUT2D eigenvalue weighted by atomic mass is 9.75. The molecule has 4 aromatic rings. The Balaban J connectivity index is 1.66. The van der Waals surface area contributed by atoms with Gasteiger partial charge in [0.05, 0.1) is 11.3 Å². The molecule has 0 bridgehead atoms. The lowest BCUT2D eigenvalue weighted by Gasteiger charge is -2.36. The standard InChI is InChI=1S/C29H24Cl2N2O3/c1-33-24-15-22(31)12-13-23(24)26(34)25(28(33)36)27(35)29(32,16-17-6-10-21(30)11-7-17)20-9-8-18-4-2-3-5-19(18)14-20/h2-15,26,34,36H,16,32H2,1H3. The minimum Gasteiger partial charge on any atom is -0.494 e. The molecule has 7 heteroatoms. The largest absolute Gasteiger partial charge is 0.494 e. The Kier molecular flexibility index (Phi) is 6.27. The first kappa shape index (κ1) is 24.3. The van der Waals surface area contributed by atoms with E-state index < -0.39 is 17.4 Å². The van der Waals surface area contributed by atoms with Gasteiger partial charge in [-0.05, 0) is 52.2 Å². The van der Waals surface area contributed by atoms with Gasteiger partial charge in [-0.1, -0.05) is 77.8 Å². The van der Waals surface area contributed by atoms with Crippen molar-refractivity contribution in [3.8, 4) is 0 Å². The summed E-state index contributed by atoms with van der Waals surface area (Å²) in [7, 11) is 1.61. The van der Waals surface area contributed by atoms with E-state index in [1.807, 2.05) is 54.6 Å². The predicted octanol–water partition coefficient (Wildman–Crippen LogP) is 6.07. The van der Waals surface area contributed by atoms with Gasteiger partial charge in [0.25, 0.3) is 0 Å². The van der Waals surface area contributed by atoms with Gasteiger partial charge in [0.2, 0.25) is 5.88 Å². The first-order valence-electron chi connectivity index (χ1n) is 11.4. The van der Waals surface area contributed by atoms with Crippen LogP contribution in [0.15, 0.2) is 96.4 Å². The molecule has 2 unspecified atom stereocenters. The summed E-state index contributed by atoms with van der Waals surface area (Å²) in [4.78, 5) is 15.7. The van der Waals surface area contributed by atoms with E-state index in [9.17, 15) is 15.0 Å². The molecule has 4 aromatic carbocycles. The Morgan fingerprint density at radius 3 is 2.33 bits per heavy atom. The molecule has 1 heterocycles. The van der Waals surface area contributed by atoms with Crippen LogP contribution in [0.1, 0.15) is 22.8 Å². The number of fused-ring (bicyclic) bond motifs is 2. The van der Waals surface area contributed by atoms with E-state index in [2.05, 4.69) is 0 Å². The number of Topliss-reactive ketones (excluding diaryl/α,β-unsaturated/α-hetero) is 1. The Morgan fingerprint density at radius 1 is 0.944 bits per heavy atom. The Hall–Kier alpha value is -3.35. The lowest BCUT2D eigenvalue weighted by Crippen LogP contribution is -2.49. The molecule has 1 aliphatic rings. The third-order valence-electron chi connectivity index (χ3n) is 6.79. The molecule has 0 spiro atoms. The van der Waals surface area contributed by atoms with Gasteiger partial charge in [-0.25, -0.2) is 0 Å². The number of benzene rings is 4. The summed E-state index contributed by atoms with van der Waals surface area (Å²) in [5, 5.41) is 25.3. The molecule has 0 radical (unpaired) electrons. The minimum absolute atomic E-state index is 0.127. The molecule has 4 N–H and O–H groups in total. The lowest BCUT2D eigenvalue weighted by molar-refractivity contribution is -0.122. The molecule has 1 aliphatic heterocycles. The smallest absolute Gasteiger partial charge is 0.201 e. The topological polar surface area (TPSA) is 86.8 Å². The zero-order chi connectivity index (χ0) is 25.6. The number of anilines is 1. The highest BCUT2D eigenvalue weighted by molar-refractivity contribution is 6.31. The molecule has 0 amide bonds. The van der Waals surface area contributed by atoms with Gasteiger partial charge in [-0.15, -0.1) is 0 Å². The zero-order valence-corrected chi connectivity index (χ0v) is 21.0. The van der Waals surface area contributed by atoms with Crippen LogP contribution in [-0.2, 0) is 16.8 Å². The Morgan fingerprint density at radius 2 is 1.61 bits per heavy atom. The van der Waals surface area contributed by atoms with E-state index in [0.717, 1.165) is 16.3 Å². The Labute approximate surface area is 219 Å². The number of nitrogens with zero attached hydrogens (tertiary/aromatic N) is 1. The van der Waals surface area contributed by atoms with Crippen molar-refractivity contribution in [2.45, 2.75) is 18.1 Å². The van der Waals surface area contributed by atoms with Gasteiger partial charge in [0.1, 0.15) is 11.6 Å². The van der Waals surface area contributed by atoms with Crippen LogP contribution in [0.2, 0.25) is 10.0 Å². The maximum atomic E-state index is 14.3. The van der Waals surface area contributed by atoms with E-state index in [4.69, 9.17) is 28.9 Å². The third kappa shape index (κ3) is 4.14. The zero-order valence-electron chi connectivity index (χ0n) is 19.5. The second kappa shape index (κ2) is 9.26. The van der Waals surface area contributed by atoms with Crippen molar-refractivity contribution in [2.75, 3.05) is 11.9 Å². The number of aliphatic hydroxyl groups is 2. The maximum Gasteiger partial charge on any atom is 0.201 e. The fourth-order valence-electron chi connectivity index (χ4n) is 4.78. The summed E-state index contributed by atoms with van der Waals surface area (Å²) >= 11 is 12.2. The summed E-state index contributed by atoms with van der Waals surface area (Å²) in [6.07, 6.45) is -1.25. The number of ketones is 1. The maximum absolute atomic E-state index is 14.3. The van der Waals surface area contributed by atoms with E-state index in [1.165, 1.54) is 4.90 Å². The van der Waals surface area contributed by atoms with E-state index in [0.29, 0.717) is 26.9 Å². The molecule has 0 saturated carbocycles. The predicted molar refractivity (Wildman–Crippen MR) is 144 cm³/mol. The number of hydrogen-bond donors (Lipinski definition) is 3. The minimum atomic E-state index is -1.59. The van der Waals surface area contributed by atoms with Crippen molar-refractivity contribution < 1.29 is 15.0 Å². The fourth-order valence-corrected chi connectivity index (χ4v) is 5.07. The highest BCUT2D eigenvalue weighted by atomic mass is 35.5. The van der Waals surface area contributed by atoms with Crippen molar-refractivity contribution in [3.05, 3.63) is 123 Å². The number of halogens is 2. The number of rotatable bonds is 5. The average Bonchev–Trinajstić information content (AvgIpc) is 2.88. The molecule has 5 nitrogen and oxygen atoms in total. The normalized spacial score (nSPS) is 17.1. The van der Waals surface area contributed by atoms with Crippen molar-refractivity contribution in [2.24, 2.45) is 5.73 Å². The van der Waals surface area contributed by atoms with Crippen molar-refractivity contribution in [1.82, 2.24) is 0 Å². The summed E-state index contributed by atoms with van der Waals surface area (Å²) in [6, 6.07) is 25.4. The summed E-state index contributed by atoms with van der Waals surface area (Å²) in [6.45, 7) is 0. The second-order valence-electron chi connectivity index (χ2n) is 9.07. The summed E-state index contributed by atoms with van der Waals surface area (Å²) in [5.74, 6) is -0.945. The van der Waals surface area contributed by atoms with Crippen LogP contribution in [0.5, 0.6) is 0 Å². The monoisotopic (exact) mass is 518 g/mol. The molecule has 5 rings (SSSR count). The first-order valence-corrected chi connectivity index (χ1v) is 12.2. The molecule has 0 aliphatic carbocycles. The second-order valence-corrected chi connectivity index (χ2v) is 9.94. The molecule has 36 heavy (non-hydrogen) atoms. The van der Waals surface area contributed by atoms with Crippen molar-refractivity contribution in [3.63, 3.8) is 0 Å². The number of carbonyl (C=O) groups is 1. The van der Waals surface area contributed by atoms with Crippen LogP contribution in [-0.4, -0.2) is 23.0 Å². The fraction of sp³-hybridized carbons (Fsp3) is 0.138. The van der Waals surface area contributed by atoms with Gasteiger partial charge in [0.15, 0.2) is 5.78 Å². The van der Waals surface area contributed by atoms with E-state index >= 15 is 0 Å². The molecular weight excluding hydrogens is 495 g/mol. The van der Waals surface area contributed by atoms with Gasteiger partial charge < -0.3 is 20.8 Å². The van der Waals surface area contributed by atoms with E-state index in [-0.39, 0.29) is 17.9 Å². The van der Waals surface area contributed by atoms with Crippen LogP contribution < -0.4 is 10.6 Å². The molecule has 0 aromatic heterocycles. The van der Waals surface area contributed by atoms with Gasteiger partial charge in [0, 0.05) is 29.1 Å². The van der Waals surface area contributed by atoms with Crippen LogP contribution in [0.3, 0.4) is 0 Å². The number of aliphatic hydroxyl groups excluding tert-OH is 2. The molecule has 0 fully saturated rings. The SMILES string of the molecule is CN1C(O)=C(C(=O)C(N)(Cc2ccc(Cl)cc2)c2ccc3ccccc3c2)C(O)c2ccc(Cl)cc21. The van der Waals surface area contributed by atoms with Crippen LogP contribution in [0, 0.1) is 0 Å². The molecule has 0 saturated heterocycles. The van der Waals surface area contributed by atoms with Crippen molar-refractivity contribution >= 4 is 45.4 Å². The Bertz CT molecular complexity index is 1520. The number of carbonyl (C=O) groups excluding carboxylic acids is 1. The van der Waals surface area contributed by atoms with Gasteiger partial charge >= 0.3 is 0 Å². The number of nitrogens with two attached hydrogens (primary N) is 1. The highest BCUT2D eigenvalue weighted by Gasteiger charge is 2.44. The van der Waals surface area contributed by atoms with Gasteiger partial charge in [-0.2, -0.15) is 0 Å². The van der Waals surface area contributed by atoms with Crippen LogP contribution >= 0.6 is 23.2 Å². The van der Waals surface area contributed by atoms with E-state index in [1.54, 1.807) is 37.4 Å². The first-order chi connectivity index (χ1) is 17.2. The molecule has 2 atom stereocenters. The van der Waals surface area contributed by atoms with Crippen molar-refractivity contribution in [1.29, 1.82) is 0 Å². The quantitative estimate of drug-likeness (QED) is 0.298. The third-order valence-corrected chi connectivity index (χ3v) is 7.28. The van der Waals surface area contributed by atoms with Crippen LogP contribution in [0.4, 0.5) is 5.69 Å².